The number of aliphatic carboxylic acids is 4. The van der Waals surface area contributed by atoms with Crippen molar-refractivity contribution in [3.8, 4) is 0 Å². The molecule has 0 spiro atoms. The summed E-state index contributed by atoms with van der Waals surface area (Å²) in [4.78, 5) is 45.7. The van der Waals surface area contributed by atoms with Crippen molar-refractivity contribution in [2.75, 3.05) is 13.2 Å². The number of nitrogens with one attached hydrogen (secondary N) is 1. The molecule has 0 bridgehead atoms. The highest BCUT2D eigenvalue weighted by molar-refractivity contribution is 5.88. The molecule has 12 nitrogen and oxygen atoms in total. The second-order valence-electron chi connectivity index (χ2n) is 5.22. The van der Waals surface area contributed by atoms with Crippen LogP contribution in [0.1, 0.15) is 39.0 Å². The standard InChI is InChI=1S/C8H17NO4.C6H8O7/c1-2-3-4-5-13-9-7(6-10)8(11)12;7-3(8)1-6(13,5(11)12)2-4(9)10/h7,9-10H,2-6H2,1H3,(H,11,12);13H,1-2H2,(H,7,8)(H,9,10)(H,11,12). The van der Waals surface area contributed by atoms with Gasteiger partial charge in [-0.1, -0.05) is 19.8 Å². The van der Waals surface area contributed by atoms with Crippen molar-refractivity contribution in [3.05, 3.63) is 0 Å². The van der Waals surface area contributed by atoms with Crippen LogP contribution in [-0.2, 0) is 24.0 Å². The molecule has 0 saturated heterocycles. The Kier molecular flexibility index (Phi) is 13.9. The third-order valence-corrected chi connectivity index (χ3v) is 2.84. The summed E-state index contributed by atoms with van der Waals surface area (Å²) in [7, 11) is 0. The van der Waals surface area contributed by atoms with Gasteiger partial charge in [-0.25, -0.2) is 4.79 Å². The van der Waals surface area contributed by atoms with Crippen molar-refractivity contribution >= 4 is 23.9 Å². The molecule has 0 aliphatic rings. The molecule has 0 fully saturated rings. The fraction of sp³-hybridized carbons (Fsp3) is 0.714. The Morgan fingerprint density at radius 2 is 1.50 bits per heavy atom. The molecule has 0 saturated carbocycles. The van der Waals surface area contributed by atoms with E-state index < -0.39 is 55.0 Å². The van der Waals surface area contributed by atoms with Crippen LogP contribution in [0.25, 0.3) is 0 Å². The summed E-state index contributed by atoms with van der Waals surface area (Å²) < 4.78 is 0. The van der Waals surface area contributed by atoms with Crippen molar-refractivity contribution in [1.82, 2.24) is 5.48 Å². The number of rotatable bonds is 13. The van der Waals surface area contributed by atoms with Gasteiger partial charge in [0, 0.05) is 0 Å². The van der Waals surface area contributed by atoms with Gasteiger partial charge >= 0.3 is 23.9 Å². The van der Waals surface area contributed by atoms with E-state index in [-0.39, 0.29) is 0 Å². The number of carboxylic acid groups (broad SMARTS) is 4. The van der Waals surface area contributed by atoms with E-state index in [2.05, 4.69) is 12.4 Å². The number of aliphatic hydroxyl groups excluding tert-OH is 1. The predicted octanol–water partition coefficient (Wildman–Crippen LogP) is -1.11. The van der Waals surface area contributed by atoms with Crippen LogP contribution in [0.3, 0.4) is 0 Å². The first-order valence-electron chi connectivity index (χ1n) is 7.60. The maximum Gasteiger partial charge on any atom is 0.336 e. The summed E-state index contributed by atoms with van der Waals surface area (Å²) in [5.41, 5.74) is -0.460. The topological polar surface area (TPSA) is 211 Å². The monoisotopic (exact) mass is 383 g/mol. The van der Waals surface area contributed by atoms with Gasteiger partial charge in [0.25, 0.3) is 0 Å². The molecule has 152 valence electrons. The van der Waals surface area contributed by atoms with Crippen LogP contribution in [0.15, 0.2) is 0 Å². The quantitative estimate of drug-likeness (QED) is 0.149. The Morgan fingerprint density at radius 1 is 1.00 bits per heavy atom. The Balaban J connectivity index is 0. The summed E-state index contributed by atoms with van der Waals surface area (Å²) in [5, 5.41) is 50.9. The predicted molar refractivity (Wildman–Crippen MR) is 84.2 cm³/mol. The van der Waals surface area contributed by atoms with Gasteiger partial charge in [-0.2, -0.15) is 5.48 Å². The van der Waals surface area contributed by atoms with E-state index in [9.17, 15) is 19.2 Å². The summed E-state index contributed by atoms with van der Waals surface area (Å²) in [6.45, 7) is 2.07. The van der Waals surface area contributed by atoms with Crippen molar-refractivity contribution in [2.45, 2.75) is 50.7 Å². The van der Waals surface area contributed by atoms with E-state index in [0.29, 0.717) is 6.61 Å². The van der Waals surface area contributed by atoms with Gasteiger partial charge in [0.15, 0.2) is 11.6 Å². The largest absolute Gasteiger partial charge is 0.481 e. The number of hydrogen-bond donors (Lipinski definition) is 7. The summed E-state index contributed by atoms with van der Waals surface area (Å²) in [6, 6.07) is -1.03. The number of carbonyl (C=O) groups is 4. The van der Waals surface area contributed by atoms with E-state index >= 15 is 0 Å². The lowest BCUT2D eigenvalue weighted by Gasteiger charge is -2.18. The molecule has 0 aromatic heterocycles. The SMILES string of the molecule is CCCCCONC(CO)C(=O)O.O=C(O)CC(O)(CC(=O)O)C(=O)O. The molecule has 1 atom stereocenters. The highest BCUT2D eigenvalue weighted by atomic mass is 16.6. The third kappa shape index (κ3) is 13.1. The second kappa shape index (κ2) is 13.9. The van der Waals surface area contributed by atoms with Gasteiger partial charge in [-0.3, -0.25) is 14.4 Å². The molecule has 0 amide bonds. The highest BCUT2D eigenvalue weighted by Crippen LogP contribution is 2.15. The first-order valence-corrected chi connectivity index (χ1v) is 7.60. The van der Waals surface area contributed by atoms with Crippen molar-refractivity contribution in [3.63, 3.8) is 0 Å². The Bertz CT molecular complexity index is 450. The van der Waals surface area contributed by atoms with E-state index in [4.69, 9.17) is 35.5 Å². The molecular weight excluding hydrogens is 358 g/mol. The van der Waals surface area contributed by atoms with Gasteiger partial charge < -0.3 is 35.5 Å². The van der Waals surface area contributed by atoms with Crippen LogP contribution in [0.5, 0.6) is 0 Å². The molecule has 0 aromatic carbocycles. The molecule has 1 unspecified atom stereocenters. The molecule has 0 radical (unpaired) electrons. The van der Waals surface area contributed by atoms with Gasteiger partial charge in [0.2, 0.25) is 0 Å². The van der Waals surface area contributed by atoms with Crippen LogP contribution in [0.4, 0.5) is 0 Å². The lowest BCUT2D eigenvalue weighted by atomic mass is 9.96. The Labute approximate surface area is 149 Å². The minimum Gasteiger partial charge on any atom is -0.481 e. The summed E-state index contributed by atoms with van der Waals surface area (Å²) in [6.07, 6.45) is 0.745. The van der Waals surface area contributed by atoms with Gasteiger partial charge in [-0.05, 0) is 6.42 Å². The van der Waals surface area contributed by atoms with Gasteiger partial charge in [-0.15, -0.1) is 0 Å². The zero-order valence-electron chi connectivity index (χ0n) is 14.3. The first-order chi connectivity index (χ1) is 12.0. The number of aliphatic hydroxyl groups is 2. The fourth-order valence-electron chi connectivity index (χ4n) is 1.46. The minimum absolute atomic E-state index is 0.469. The number of hydroxylamine groups is 1. The fourth-order valence-corrected chi connectivity index (χ4v) is 1.46. The summed E-state index contributed by atoms with van der Waals surface area (Å²) >= 11 is 0. The van der Waals surface area contributed by atoms with E-state index in [1.54, 1.807) is 0 Å². The summed E-state index contributed by atoms with van der Waals surface area (Å²) in [5.74, 6) is -6.13. The van der Waals surface area contributed by atoms with Crippen LogP contribution < -0.4 is 5.48 Å². The van der Waals surface area contributed by atoms with Crippen LogP contribution >= 0.6 is 0 Å². The number of hydrogen-bond acceptors (Lipinski definition) is 8. The lowest BCUT2D eigenvalue weighted by Crippen LogP contribution is -2.42. The minimum atomic E-state index is -2.74. The van der Waals surface area contributed by atoms with E-state index in [1.807, 2.05) is 0 Å². The zero-order chi connectivity index (χ0) is 20.8. The normalized spacial score (nSPS) is 11.8. The zero-order valence-corrected chi connectivity index (χ0v) is 14.3. The highest BCUT2D eigenvalue weighted by Gasteiger charge is 2.40. The molecule has 26 heavy (non-hydrogen) atoms. The van der Waals surface area contributed by atoms with Gasteiger partial charge in [0.05, 0.1) is 26.1 Å². The average molecular weight is 383 g/mol. The molecule has 7 N–H and O–H groups in total. The Morgan fingerprint density at radius 3 is 1.81 bits per heavy atom. The molecule has 0 aliphatic heterocycles. The molecule has 0 heterocycles. The van der Waals surface area contributed by atoms with Crippen LogP contribution in [0, 0.1) is 0 Å². The van der Waals surface area contributed by atoms with Crippen LogP contribution in [-0.4, -0.2) is 79.4 Å². The van der Waals surface area contributed by atoms with Gasteiger partial charge in [0.1, 0.15) is 0 Å². The molecule has 0 aromatic rings. The first kappa shape index (κ1) is 26.0. The third-order valence-electron chi connectivity index (χ3n) is 2.84. The van der Waals surface area contributed by atoms with E-state index in [1.165, 1.54) is 0 Å². The van der Waals surface area contributed by atoms with Crippen molar-refractivity contribution in [1.29, 1.82) is 0 Å². The molecule has 0 aliphatic carbocycles. The van der Waals surface area contributed by atoms with Crippen LogP contribution in [0.2, 0.25) is 0 Å². The maximum absolute atomic E-state index is 10.3. The molecule has 12 heteroatoms. The number of unbranched alkanes of at least 4 members (excludes halogenated alkanes) is 2. The average Bonchev–Trinajstić information content (AvgIpc) is 2.49. The van der Waals surface area contributed by atoms with Crippen molar-refractivity contribution < 1.29 is 54.7 Å². The number of carboxylic acids is 4. The molecule has 0 rings (SSSR count). The lowest BCUT2D eigenvalue weighted by molar-refractivity contribution is -0.170. The van der Waals surface area contributed by atoms with E-state index in [0.717, 1.165) is 19.3 Å². The molecular formula is C14H25NO11. The smallest absolute Gasteiger partial charge is 0.336 e. The Hall–Kier alpha value is -2.28. The maximum atomic E-state index is 10.3. The second-order valence-corrected chi connectivity index (χ2v) is 5.22. The van der Waals surface area contributed by atoms with Crippen molar-refractivity contribution in [2.24, 2.45) is 0 Å².